The predicted octanol–water partition coefficient (Wildman–Crippen LogP) is 4.90. The first-order valence-corrected chi connectivity index (χ1v) is 10.5. The largest absolute Gasteiger partial charge is 0.480 e. The third kappa shape index (κ3) is 4.73. The highest BCUT2D eigenvalue weighted by molar-refractivity contribution is 5.86. The number of aliphatic carboxylic acids is 1. The van der Waals surface area contributed by atoms with Crippen LogP contribution in [0.4, 0.5) is 0 Å². The first kappa shape index (κ1) is 20.4. The van der Waals surface area contributed by atoms with Crippen molar-refractivity contribution in [1.29, 1.82) is 0 Å². The molecule has 0 aromatic heterocycles. The molecule has 0 radical (unpaired) electrons. The minimum absolute atomic E-state index is 0.0330. The molecule has 1 unspecified atom stereocenters. The van der Waals surface area contributed by atoms with Crippen LogP contribution >= 0.6 is 0 Å². The second-order valence-corrected chi connectivity index (χ2v) is 8.31. The fraction of sp³-hybridized carbons (Fsp3) is 0.500. The van der Waals surface area contributed by atoms with E-state index < -0.39 is 12.0 Å². The molecule has 4 heteroatoms. The number of unbranched alkanes of at least 4 members (excludes halogenated alkanes) is 1. The second-order valence-electron chi connectivity index (χ2n) is 8.31. The number of carboxylic acid groups (broad SMARTS) is 1. The number of hydrogen-bond donors (Lipinski definition) is 1. The summed E-state index contributed by atoms with van der Waals surface area (Å²) in [6, 6.07) is 14.4. The normalized spacial score (nSPS) is 18.0. The maximum absolute atomic E-state index is 13.0. The van der Waals surface area contributed by atoms with Crippen molar-refractivity contribution in [1.82, 2.24) is 4.90 Å². The van der Waals surface area contributed by atoms with E-state index in [1.807, 2.05) is 0 Å². The quantitative estimate of drug-likeness (QED) is 0.662. The van der Waals surface area contributed by atoms with Crippen LogP contribution in [0.5, 0.6) is 0 Å². The summed E-state index contributed by atoms with van der Waals surface area (Å²) in [6.45, 7) is 4.71. The Morgan fingerprint density at radius 1 is 1.11 bits per heavy atom. The van der Waals surface area contributed by atoms with Gasteiger partial charge in [0.05, 0.1) is 0 Å². The van der Waals surface area contributed by atoms with Crippen molar-refractivity contribution < 1.29 is 14.7 Å². The molecule has 1 N–H and O–H groups in total. The SMILES string of the molecule is CC(C)C(CCCCc1ccc2ccccc2c1)C(=O)N1CCC[C@H]1C(=O)O. The predicted molar refractivity (Wildman–Crippen MR) is 112 cm³/mol. The molecule has 0 spiro atoms. The Bertz CT molecular complexity index is 829. The molecular weight excluding hydrogens is 350 g/mol. The Balaban J connectivity index is 1.54. The number of carbonyl (C=O) groups is 2. The number of rotatable bonds is 8. The molecule has 2 atom stereocenters. The van der Waals surface area contributed by atoms with E-state index in [0.29, 0.717) is 13.0 Å². The zero-order valence-corrected chi connectivity index (χ0v) is 16.9. The van der Waals surface area contributed by atoms with Gasteiger partial charge in [-0.3, -0.25) is 4.79 Å². The van der Waals surface area contributed by atoms with Gasteiger partial charge < -0.3 is 10.0 Å². The van der Waals surface area contributed by atoms with Gasteiger partial charge in [0.15, 0.2) is 0 Å². The summed E-state index contributed by atoms with van der Waals surface area (Å²) in [7, 11) is 0. The lowest BCUT2D eigenvalue weighted by Crippen LogP contribution is -2.44. The highest BCUT2D eigenvalue weighted by Crippen LogP contribution is 2.27. The highest BCUT2D eigenvalue weighted by Gasteiger charge is 2.37. The molecule has 0 saturated carbocycles. The Hall–Kier alpha value is -2.36. The van der Waals surface area contributed by atoms with E-state index in [1.165, 1.54) is 16.3 Å². The Morgan fingerprint density at radius 3 is 2.57 bits per heavy atom. The summed E-state index contributed by atoms with van der Waals surface area (Å²) < 4.78 is 0. The molecular formula is C24H31NO3. The number of carbonyl (C=O) groups excluding carboxylic acids is 1. The van der Waals surface area contributed by atoms with Gasteiger partial charge in [-0.05, 0) is 54.4 Å². The molecule has 1 heterocycles. The Kier molecular flexibility index (Phi) is 6.71. The summed E-state index contributed by atoms with van der Waals surface area (Å²) in [6.07, 6.45) is 5.21. The van der Waals surface area contributed by atoms with E-state index in [-0.39, 0.29) is 17.7 Å². The summed E-state index contributed by atoms with van der Waals surface area (Å²) in [5.41, 5.74) is 1.33. The number of aryl methyl sites for hydroxylation is 1. The average molecular weight is 382 g/mol. The molecule has 0 aliphatic carbocycles. The summed E-state index contributed by atoms with van der Waals surface area (Å²) in [5, 5.41) is 11.9. The van der Waals surface area contributed by atoms with E-state index in [0.717, 1.165) is 32.1 Å². The Labute approximate surface area is 167 Å². The van der Waals surface area contributed by atoms with Gasteiger partial charge in [-0.2, -0.15) is 0 Å². The van der Waals surface area contributed by atoms with E-state index in [2.05, 4.69) is 56.3 Å². The van der Waals surface area contributed by atoms with Gasteiger partial charge in [-0.25, -0.2) is 4.79 Å². The van der Waals surface area contributed by atoms with Crippen LogP contribution < -0.4 is 0 Å². The standard InChI is InChI=1S/C24H31NO3/c1-17(2)21(23(26)25-15-7-12-22(25)24(27)28)11-6-3-8-18-13-14-19-9-4-5-10-20(19)16-18/h4-5,9-10,13-14,16-17,21-22H,3,6-8,11-12,15H2,1-2H3,(H,27,28)/t21?,22-/m0/s1. The van der Waals surface area contributed by atoms with Crippen molar-refractivity contribution in [2.75, 3.05) is 6.54 Å². The molecule has 1 aliphatic rings. The van der Waals surface area contributed by atoms with Crippen LogP contribution in [0.2, 0.25) is 0 Å². The third-order valence-corrected chi connectivity index (χ3v) is 5.99. The number of carboxylic acids is 1. The molecule has 4 nitrogen and oxygen atoms in total. The molecule has 0 bridgehead atoms. The number of benzene rings is 2. The minimum atomic E-state index is -0.871. The lowest BCUT2D eigenvalue weighted by molar-refractivity contribution is -0.150. The molecule has 1 saturated heterocycles. The van der Waals surface area contributed by atoms with E-state index in [9.17, 15) is 14.7 Å². The van der Waals surface area contributed by atoms with Gasteiger partial charge >= 0.3 is 5.97 Å². The smallest absolute Gasteiger partial charge is 0.326 e. The van der Waals surface area contributed by atoms with Crippen molar-refractivity contribution >= 4 is 22.6 Å². The van der Waals surface area contributed by atoms with Crippen molar-refractivity contribution in [2.45, 2.75) is 58.4 Å². The maximum atomic E-state index is 13.0. The zero-order valence-electron chi connectivity index (χ0n) is 16.9. The zero-order chi connectivity index (χ0) is 20.1. The third-order valence-electron chi connectivity index (χ3n) is 5.99. The highest BCUT2D eigenvalue weighted by atomic mass is 16.4. The van der Waals surface area contributed by atoms with Crippen LogP contribution in [-0.4, -0.2) is 34.5 Å². The maximum Gasteiger partial charge on any atom is 0.326 e. The van der Waals surface area contributed by atoms with Crippen LogP contribution in [0.25, 0.3) is 10.8 Å². The number of hydrogen-bond acceptors (Lipinski definition) is 2. The molecule has 3 rings (SSSR count). The topological polar surface area (TPSA) is 57.6 Å². The fourth-order valence-electron chi connectivity index (χ4n) is 4.33. The van der Waals surface area contributed by atoms with Gasteiger partial charge in [-0.15, -0.1) is 0 Å². The van der Waals surface area contributed by atoms with Crippen LogP contribution in [0, 0.1) is 11.8 Å². The van der Waals surface area contributed by atoms with Gasteiger partial charge in [-0.1, -0.05) is 62.7 Å². The van der Waals surface area contributed by atoms with Gasteiger partial charge in [0.25, 0.3) is 0 Å². The number of nitrogens with zero attached hydrogens (tertiary/aromatic N) is 1. The molecule has 1 fully saturated rings. The minimum Gasteiger partial charge on any atom is -0.480 e. The molecule has 1 amide bonds. The lowest BCUT2D eigenvalue weighted by atomic mass is 9.88. The van der Waals surface area contributed by atoms with E-state index >= 15 is 0 Å². The van der Waals surface area contributed by atoms with Crippen LogP contribution in [0.1, 0.15) is 51.5 Å². The average Bonchev–Trinajstić information content (AvgIpc) is 3.17. The lowest BCUT2D eigenvalue weighted by Gasteiger charge is -2.29. The Morgan fingerprint density at radius 2 is 1.86 bits per heavy atom. The molecule has 150 valence electrons. The van der Waals surface area contributed by atoms with Gasteiger partial charge in [0.2, 0.25) is 5.91 Å². The summed E-state index contributed by atoms with van der Waals surface area (Å²) >= 11 is 0. The summed E-state index contributed by atoms with van der Waals surface area (Å²) in [4.78, 5) is 26.0. The fourth-order valence-corrected chi connectivity index (χ4v) is 4.33. The monoisotopic (exact) mass is 381 g/mol. The number of likely N-dealkylation sites (tertiary alicyclic amines) is 1. The van der Waals surface area contributed by atoms with E-state index in [1.54, 1.807) is 4.90 Å². The first-order chi connectivity index (χ1) is 13.5. The summed E-state index contributed by atoms with van der Waals surface area (Å²) in [5.74, 6) is -0.699. The second kappa shape index (κ2) is 9.22. The molecule has 2 aromatic carbocycles. The number of fused-ring (bicyclic) bond motifs is 1. The van der Waals surface area contributed by atoms with Crippen molar-refractivity contribution in [3.8, 4) is 0 Å². The van der Waals surface area contributed by atoms with E-state index in [4.69, 9.17) is 0 Å². The first-order valence-electron chi connectivity index (χ1n) is 10.5. The van der Waals surface area contributed by atoms with Crippen molar-refractivity contribution in [2.24, 2.45) is 11.8 Å². The van der Waals surface area contributed by atoms with Gasteiger partial charge in [0, 0.05) is 12.5 Å². The van der Waals surface area contributed by atoms with Crippen LogP contribution in [0.15, 0.2) is 42.5 Å². The van der Waals surface area contributed by atoms with Crippen LogP contribution in [-0.2, 0) is 16.0 Å². The van der Waals surface area contributed by atoms with Crippen molar-refractivity contribution in [3.63, 3.8) is 0 Å². The van der Waals surface area contributed by atoms with Crippen LogP contribution in [0.3, 0.4) is 0 Å². The number of amides is 1. The molecule has 1 aliphatic heterocycles. The molecule has 2 aromatic rings. The molecule has 28 heavy (non-hydrogen) atoms. The van der Waals surface area contributed by atoms with Crippen molar-refractivity contribution in [3.05, 3.63) is 48.0 Å². The van der Waals surface area contributed by atoms with Gasteiger partial charge in [0.1, 0.15) is 6.04 Å².